The first kappa shape index (κ1) is 22.2. The number of benzene rings is 1. The van der Waals surface area contributed by atoms with E-state index in [4.69, 9.17) is 0 Å². The fourth-order valence-electron chi connectivity index (χ4n) is 4.23. The van der Waals surface area contributed by atoms with E-state index in [0.29, 0.717) is 22.0 Å². The molecule has 2 N–H and O–H groups in total. The zero-order valence-electron chi connectivity index (χ0n) is 19.0. The maximum atomic E-state index is 13.5. The number of fused-ring (bicyclic) bond motifs is 1. The fourth-order valence-corrected chi connectivity index (χ4v) is 5.55. The van der Waals surface area contributed by atoms with E-state index < -0.39 is 0 Å². The van der Waals surface area contributed by atoms with E-state index in [1.165, 1.54) is 16.2 Å². The quantitative estimate of drug-likeness (QED) is 0.507. The molecule has 4 rings (SSSR count). The van der Waals surface area contributed by atoms with E-state index in [-0.39, 0.29) is 17.2 Å². The van der Waals surface area contributed by atoms with Crippen LogP contribution in [0.15, 0.2) is 48.8 Å². The van der Waals surface area contributed by atoms with Crippen LogP contribution in [0.4, 0.5) is 10.7 Å². The molecule has 1 atom stereocenters. The minimum absolute atomic E-state index is 0.170. The van der Waals surface area contributed by atoms with Crippen LogP contribution >= 0.6 is 11.3 Å². The summed E-state index contributed by atoms with van der Waals surface area (Å²) in [5.41, 5.74) is 4.18. The van der Waals surface area contributed by atoms with Crippen LogP contribution in [0.5, 0.6) is 0 Å². The minimum Gasteiger partial charge on any atom is -0.322 e. The summed E-state index contributed by atoms with van der Waals surface area (Å²) in [7, 11) is 0. The molecule has 2 heterocycles. The number of para-hydroxylation sites is 1. The van der Waals surface area contributed by atoms with E-state index in [2.05, 4.69) is 36.4 Å². The second-order valence-corrected chi connectivity index (χ2v) is 10.6. The Morgan fingerprint density at radius 2 is 1.75 bits per heavy atom. The lowest BCUT2D eigenvalue weighted by Gasteiger charge is -2.33. The van der Waals surface area contributed by atoms with Gasteiger partial charge in [0.15, 0.2) is 0 Å². The third-order valence-corrected chi connectivity index (χ3v) is 7.45. The zero-order chi connectivity index (χ0) is 22.9. The van der Waals surface area contributed by atoms with Gasteiger partial charge in [0.05, 0.1) is 5.56 Å². The van der Waals surface area contributed by atoms with Crippen molar-refractivity contribution in [2.24, 2.45) is 11.3 Å². The third kappa shape index (κ3) is 4.60. The summed E-state index contributed by atoms with van der Waals surface area (Å²) in [6, 6.07) is 11.1. The van der Waals surface area contributed by atoms with E-state index in [1.807, 2.05) is 31.2 Å². The predicted octanol–water partition coefficient (Wildman–Crippen LogP) is 6.11. The van der Waals surface area contributed by atoms with E-state index >= 15 is 0 Å². The number of nitrogens with one attached hydrogen (secondary N) is 2. The van der Waals surface area contributed by atoms with Gasteiger partial charge < -0.3 is 10.6 Å². The summed E-state index contributed by atoms with van der Waals surface area (Å²) in [4.78, 5) is 31.5. The standard InChI is InChI=1S/C26H29N3O2S/c1-16-7-5-6-8-20(16)28-24(31)22-19-10-9-18(26(2,3)4)15-21(19)32-25(22)29-23(30)17-11-13-27-14-12-17/h5-8,11-14,18H,9-10,15H2,1-4H3,(H,28,31)(H,29,30)/t18-/m0/s1. The van der Waals surface area contributed by atoms with Gasteiger partial charge in [-0.1, -0.05) is 39.0 Å². The molecule has 0 fully saturated rings. The number of hydrogen-bond acceptors (Lipinski definition) is 4. The van der Waals surface area contributed by atoms with Crippen molar-refractivity contribution in [1.29, 1.82) is 0 Å². The van der Waals surface area contributed by atoms with Crippen LogP contribution in [-0.4, -0.2) is 16.8 Å². The van der Waals surface area contributed by atoms with Crippen LogP contribution in [0.25, 0.3) is 0 Å². The summed E-state index contributed by atoms with van der Waals surface area (Å²) in [5.74, 6) is 0.143. The Balaban J connectivity index is 1.70. The Labute approximate surface area is 193 Å². The molecular formula is C26H29N3O2S. The second kappa shape index (κ2) is 8.87. The van der Waals surface area contributed by atoms with E-state index in [9.17, 15) is 9.59 Å². The SMILES string of the molecule is Cc1ccccc1NC(=O)c1c(NC(=O)c2ccncc2)sc2c1CC[C@H](C(C)(C)C)C2. The van der Waals surface area contributed by atoms with Crippen molar-refractivity contribution in [2.45, 2.75) is 47.0 Å². The van der Waals surface area contributed by atoms with E-state index in [0.717, 1.165) is 36.1 Å². The molecule has 0 bridgehead atoms. The molecule has 0 aliphatic heterocycles. The Hall–Kier alpha value is -2.99. The highest BCUT2D eigenvalue weighted by Gasteiger charge is 2.34. The third-order valence-electron chi connectivity index (χ3n) is 6.28. The highest BCUT2D eigenvalue weighted by molar-refractivity contribution is 7.17. The Kier molecular flexibility index (Phi) is 6.15. The van der Waals surface area contributed by atoms with Crippen molar-refractivity contribution in [3.63, 3.8) is 0 Å². The molecule has 0 saturated heterocycles. The maximum Gasteiger partial charge on any atom is 0.258 e. The smallest absolute Gasteiger partial charge is 0.258 e. The number of thiophene rings is 1. The van der Waals surface area contributed by atoms with Gasteiger partial charge >= 0.3 is 0 Å². The summed E-state index contributed by atoms with van der Waals surface area (Å²) < 4.78 is 0. The Morgan fingerprint density at radius 1 is 1.03 bits per heavy atom. The second-order valence-electron chi connectivity index (χ2n) is 9.47. The monoisotopic (exact) mass is 447 g/mol. The molecule has 3 aromatic rings. The normalized spacial score (nSPS) is 15.7. The maximum absolute atomic E-state index is 13.5. The first-order valence-corrected chi connectivity index (χ1v) is 11.8. The number of nitrogens with zero attached hydrogens (tertiary/aromatic N) is 1. The van der Waals surface area contributed by atoms with Crippen molar-refractivity contribution in [1.82, 2.24) is 4.98 Å². The molecule has 1 aromatic carbocycles. The lowest BCUT2D eigenvalue weighted by atomic mass is 9.72. The highest BCUT2D eigenvalue weighted by atomic mass is 32.1. The van der Waals surface area contributed by atoms with Crippen molar-refractivity contribution in [3.8, 4) is 0 Å². The fraction of sp³-hybridized carbons (Fsp3) is 0.346. The largest absolute Gasteiger partial charge is 0.322 e. The van der Waals surface area contributed by atoms with Crippen molar-refractivity contribution in [3.05, 3.63) is 75.9 Å². The molecule has 0 radical (unpaired) electrons. The van der Waals surface area contributed by atoms with Gasteiger partial charge in [0.25, 0.3) is 11.8 Å². The molecule has 2 aromatic heterocycles. The number of anilines is 2. The van der Waals surface area contributed by atoms with Gasteiger partial charge in [-0.2, -0.15) is 0 Å². The zero-order valence-corrected chi connectivity index (χ0v) is 19.8. The van der Waals surface area contributed by atoms with Gasteiger partial charge in [0.1, 0.15) is 5.00 Å². The summed E-state index contributed by atoms with van der Waals surface area (Å²) in [6.45, 7) is 8.79. The first-order valence-electron chi connectivity index (χ1n) is 11.0. The number of carbonyl (C=O) groups excluding carboxylic acids is 2. The average molecular weight is 448 g/mol. The van der Waals surface area contributed by atoms with Crippen molar-refractivity contribution < 1.29 is 9.59 Å². The number of pyridine rings is 1. The minimum atomic E-state index is -0.233. The van der Waals surface area contributed by atoms with Gasteiger partial charge in [-0.15, -0.1) is 11.3 Å². The van der Waals surface area contributed by atoms with Crippen LogP contribution in [0, 0.1) is 18.3 Å². The molecule has 0 unspecified atom stereocenters. The number of hydrogen-bond donors (Lipinski definition) is 2. The van der Waals surface area contributed by atoms with Gasteiger partial charge in [-0.25, -0.2) is 0 Å². The van der Waals surface area contributed by atoms with E-state index in [1.54, 1.807) is 24.5 Å². The molecule has 0 saturated carbocycles. The number of amides is 2. The molecule has 166 valence electrons. The average Bonchev–Trinajstić information content (AvgIpc) is 3.12. The van der Waals surface area contributed by atoms with Crippen molar-refractivity contribution >= 4 is 33.8 Å². The Morgan fingerprint density at radius 3 is 2.44 bits per heavy atom. The van der Waals surface area contributed by atoms with Gasteiger partial charge in [-0.05, 0) is 66.8 Å². The summed E-state index contributed by atoms with van der Waals surface area (Å²) >= 11 is 1.54. The lowest BCUT2D eigenvalue weighted by molar-refractivity contribution is 0.102. The molecular weight excluding hydrogens is 418 g/mol. The van der Waals surface area contributed by atoms with Crippen LogP contribution in [0.1, 0.15) is 63.9 Å². The molecule has 6 heteroatoms. The van der Waals surface area contributed by atoms with Crippen LogP contribution in [0.2, 0.25) is 0 Å². The number of rotatable bonds is 4. The molecule has 0 spiro atoms. The number of aromatic nitrogens is 1. The van der Waals surface area contributed by atoms with Crippen LogP contribution < -0.4 is 10.6 Å². The van der Waals surface area contributed by atoms with Crippen molar-refractivity contribution in [2.75, 3.05) is 10.6 Å². The first-order chi connectivity index (χ1) is 15.2. The summed E-state index contributed by atoms with van der Waals surface area (Å²) in [6.07, 6.45) is 5.99. The van der Waals surface area contributed by atoms with Gasteiger partial charge in [0, 0.05) is 28.5 Å². The summed E-state index contributed by atoms with van der Waals surface area (Å²) in [5, 5.41) is 6.70. The molecule has 1 aliphatic rings. The molecule has 32 heavy (non-hydrogen) atoms. The Bertz CT molecular complexity index is 1150. The lowest BCUT2D eigenvalue weighted by Crippen LogP contribution is -2.27. The highest BCUT2D eigenvalue weighted by Crippen LogP contribution is 2.44. The number of aryl methyl sites for hydroxylation is 1. The van der Waals surface area contributed by atoms with Crippen LogP contribution in [-0.2, 0) is 12.8 Å². The molecule has 2 amide bonds. The van der Waals surface area contributed by atoms with Gasteiger partial charge in [-0.3, -0.25) is 14.6 Å². The van der Waals surface area contributed by atoms with Gasteiger partial charge in [0.2, 0.25) is 0 Å². The number of carbonyl (C=O) groups is 2. The topological polar surface area (TPSA) is 71.1 Å². The molecule has 1 aliphatic carbocycles. The van der Waals surface area contributed by atoms with Crippen LogP contribution in [0.3, 0.4) is 0 Å². The predicted molar refractivity (Wildman–Crippen MR) is 131 cm³/mol. The molecule has 5 nitrogen and oxygen atoms in total.